The smallest absolute Gasteiger partial charge is 0.251 e. The van der Waals surface area contributed by atoms with E-state index in [9.17, 15) is 9.59 Å². The minimum Gasteiger partial charge on any atom is -0.351 e. The van der Waals surface area contributed by atoms with Gasteiger partial charge in [-0.15, -0.1) is 0 Å². The van der Waals surface area contributed by atoms with Crippen LogP contribution in [0.4, 0.5) is 5.69 Å². The summed E-state index contributed by atoms with van der Waals surface area (Å²) in [5, 5.41) is 2.92. The van der Waals surface area contributed by atoms with Gasteiger partial charge < -0.3 is 15.1 Å². The molecule has 0 spiro atoms. The molecule has 0 aromatic heterocycles. The normalized spacial score (nSPS) is 13.0. The van der Waals surface area contributed by atoms with E-state index in [1.54, 1.807) is 6.92 Å². The molecule has 0 unspecified atom stereocenters. The molecule has 0 saturated heterocycles. The summed E-state index contributed by atoms with van der Waals surface area (Å²) in [6.45, 7) is 3.80. The molecular formula is C21H25N3O2. The zero-order valence-electron chi connectivity index (χ0n) is 15.6. The number of likely N-dealkylation sites (N-methyl/N-ethyl adjacent to an activating group) is 1. The Kier molecular flexibility index (Phi) is 5.38. The summed E-state index contributed by atoms with van der Waals surface area (Å²) in [5.74, 6) is 0.0329. The van der Waals surface area contributed by atoms with Crippen LogP contribution in [0.15, 0.2) is 42.5 Å². The van der Waals surface area contributed by atoms with Gasteiger partial charge in [0.25, 0.3) is 5.91 Å². The second-order valence-corrected chi connectivity index (χ2v) is 6.90. The van der Waals surface area contributed by atoms with E-state index >= 15 is 0 Å². The van der Waals surface area contributed by atoms with Gasteiger partial charge in [0, 0.05) is 37.8 Å². The summed E-state index contributed by atoms with van der Waals surface area (Å²) in [6, 6.07) is 13.9. The lowest BCUT2D eigenvalue weighted by molar-refractivity contribution is -0.116. The number of hydrogen-bond donors (Lipinski definition) is 1. The van der Waals surface area contributed by atoms with Crippen molar-refractivity contribution < 1.29 is 9.59 Å². The summed E-state index contributed by atoms with van der Waals surface area (Å²) < 4.78 is 0. The Balaban J connectivity index is 1.71. The molecule has 0 aliphatic carbocycles. The fraction of sp³-hybridized carbons (Fsp3) is 0.333. The lowest BCUT2D eigenvalue weighted by atomic mass is 10.0. The van der Waals surface area contributed by atoms with E-state index in [0.29, 0.717) is 12.1 Å². The van der Waals surface area contributed by atoms with Crippen LogP contribution in [0.5, 0.6) is 0 Å². The Morgan fingerprint density at radius 2 is 1.77 bits per heavy atom. The number of benzene rings is 2. The standard InChI is InChI=1S/C21H25N3O2/c1-15(25)24-12-10-19-14-18(8-9-20(19)24)16-4-6-17(7-5-16)21(26)22-11-13-23(2)3/h4-9,14H,10-13H2,1-3H3,(H,22,26). The maximum atomic E-state index is 12.2. The molecule has 0 atom stereocenters. The highest BCUT2D eigenvalue weighted by Gasteiger charge is 2.22. The number of fused-ring (bicyclic) bond motifs is 1. The first kappa shape index (κ1) is 18.1. The quantitative estimate of drug-likeness (QED) is 0.901. The van der Waals surface area contributed by atoms with Crippen LogP contribution < -0.4 is 10.2 Å². The number of carbonyl (C=O) groups excluding carboxylic acids is 2. The topological polar surface area (TPSA) is 52.7 Å². The van der Waals surface area contributed by atoms with E-state index in [2.05, 4.69) is 11.4 Å². The average Bonchev–Trinajstić information content (AvgIpc) is 3.05. The predicted molar refractivity (Wildman–Crippen MR) is 104 cm³/mol. The highest BCUT2D eigenvalue weighted by molar-refractivity contribution is 5.95. The second-order valence-electron chi connectivity index (χ2n) is 6.90. The van der Waals surface area contributed by atoms with E-state index in [1.807, 2.05) is 60.3 Å². The van der Waals surface area contributed by atoms with Crippen LogP contribution in [-0.2, 0) is 11.2 Å². The van der Waals surface area contributed by atoms with E-state index in [4.69, 9.17) is 0 Å². The third-order valence-electron chi connectivity index (χ3n) is 4.68. The summed E-state index contributed by atoms with van der Waals surface area (Å²) in [6.07, 6.45) is 0.884. The third-order valence-corrected chi connectivity index (χ3v) is 4.68. The van der Waals surface area contributed by atoms with Crippen LogP contribution in [0.3, 0.4) is 0 Å². The van der Waals surface area contributed by atoms with Gasteiger partial charge in [-0.1, -0.05) is 18.2 Å². The molecule has 5 heteroatoms. The maximum absolute atomic E-state index is 12.2. The van der Waals surface area contributed by atoms with Crippen molar-refractivity contribution in [3.05, 3.63) is 53.6 Å². The van der Waals surface area contributed by atoms with Crippen molar-refractivity contribution in [2.45, 2.75) is 13.3 Å². The summed E-state index contributed by atoms with van der Waals surface area (Å²) in [5.41, 5.74) is 5.05. The minimum atomic E-state index is -0.0514. The number of hydrogen-bond acceptors (Lipinski definition) is 3. The maximum Gasteiger partial charge on any atom is 0.251 e. The van der Waals surface area contributed by atoms with Crippen LogP contribution in [0.1, 0.15) is 22.8 Å². The number of carbonyl (C=O) groups is 2. The molecule has 0 bridgehead atoms. The fourth-order valence-corrected chi connectivity index (χ4v) is 3.22. The highest BCUT2D eigenvalue weighted by atomic mass is 16.2. The number of anilines is 1. The molecule has 136 valence electrons. The first-order valence-electron chi connectivity index (χ1n) is 8.90. The Morgan fingerprint density at radius 1 is 1.08 bits per heavy atom. The first-order chi connectivity index (χ1) is 12.5. The summed E-state index contributed by atoms with van der Waals surface area (Å²) >= 11 is 0. The van der Waals surface area contributed by atoms with Crippen molar-refractivity contribution in [1.29, 1.82) is 0 Å². The van der Waals surface area contributed by atoms with Crippen LogP contribution >= 0.6 is 0 Å². The number of nitrogens with zero attached hydrogens (tertiary/aromatic N) is 2. The van der Waals surface area contributed by atoms with Crippen molar-refractivity contribution >= 4 is 17.5 Å². The van der Waals surface area contributed by atoms with Crippen LogP contribution in [0.25, 0.3) is 11.1 Å². The summed E-state index contributed by atoms with van der Waals surface area (Å²) in [4.78, 5) is 27.7. The molecule has 2 aromatic rings. The number of nitrogens with one attached hydrogen (secondary N) is 1. The van der Waals surface area contributed by atoms with Crippen molar-refractivity contribution in [3.8, 4) is 11.1 Å². The van der Waals surface area contributed by atoms with Gasteiger partial charge in [-0.25, -0.2) is 0 Å². The Bertz CT molecular complexity index is 813. The zero-order chi connectivity index (χ0) is 18.7. The predicted octanol–water partition coefficient (Wildman–Crippen LogP) is 2.55. The molecule has 0 fully saturated rings. The third kappa shape index (κ3) is 3.94. The molecule has 1 aliphatic heterocycles. The highest BCUT2D eigenvalue weighted by Crippen LogP contribution is 2.32. The minimum absolute atomic E-state index is 0.0514. The van der Waals surface area contributed by atoms with Gasteiger partial charge in [-0.2, -0.15) is 0 Å². The van der Waals surface area contributed by atoms with Gasteiger partial charge in [0.15, 0.2) is 0 Å². The van der Waals surface area contributed by atoms with Crippen molar-refractivity contribution in [2.75, 3.05) is 38.6 Å². The SMILES string of the molecule is CC(=O)N1CCc2cc(-c3ccc(C(=O)NCCN(C)C)cc3)ccc21. The molecule has 2 amide bonds. The van der Waals surface area contributed by atoms with Gasteiger partial charge in [0.05, 0.1) is 0 Å². The van der Waals surface area contributed by atoms with Gasteiger partial charge in [0.2, 0.25) is 5.91 Å². The number of rotatable bonds is 5. The van der Waals surface area contributed by atoms with E-state index < -0.39 is 0 Å². The Labute approximate surface area is 154 Å². The van der Waals surface area contributed by atoms with E-state index in [1.165, 1.54) is 5.56 Å². The lowest BCUT2D eigenvalue weighted by Gasteiger charge is -2.15. The van der Waals surface area contributed by atoms with Gasteiger partial charge in [-0.05, 0) is 61.5 Å². The van der Waals surface area contributed by atoms with Gasteiger partial charge in [0.1, 0.15) is 0 Å². The molecule has 0 radical (unpaired) electrons. The monoisotopic (exact) mass is 351 g/mol. The molecule has 1 heterocycles. The Hall–Kier alpha value is -2.66. The van der Waals surface area contributed by atoms with E-state index in [0.717, 1.165) is 36.3 Å². The largest absolute Gasteiger partial charge is 0.351 e. The second kappa shape index (κ2) is 7.70. The van der Waals surface area contributed by atoms with Crippen molar-refractivity contribution in [2.24, 2.45) is 0 Å². The molecule has 5 nitrogen and oxygen atoms in total. The molecular weight excluding hydrogens is 326 g/mol. The van der Waals surface area contributed by atoms with Gasteiger partial charge in [-0.3, -0.25) is 9.59 Å². The first-order valence-corrected chi connectivity index (χ1v) is 8.90. The lowest BCUT2D eigenvalue weighted by Crippen LogP contribution is -2.31. The number of amides is 2. The fourth-order valence-electron chi connectivity index (χ4n) is 3.22. The molecule has 3 rings (SSSR count). The molecule has 2 aromatic carbocycles. The summed E-state index contributed by atoms with van der Waals surface area (Å²) in [7, 11) is 3.96. The molecule has 1 aliphatic rings. The molecule has 1 N–H and O–H groups in total. The van der Waals surface area contributed by atoms with Gasteiger partial charge >= 0.3 is 0 Å². The average molecular weight is 351 g/mol. The van der Waals surface area contributed by atoms with Crippen LogP contribution in [0.2, 0.25) is 0 Å². The van der Waals surface area contributed by atoms with Crippen LogP contribution in [-0.4, -0.2) is 50.4 Å². The van der Waals surface area contributed by atoms with Crippen molar-refractivity contribution in [1.82, 2.24) is 10.2 Å². The zero-order valence-corrected chi connectivity index (χ0v) is 15.6. The molecule has 26 heavy (non-hydrogen) atoms. The van der Waals surface area contributed by atoms with E-state index in [-0.39, 0.29) is 11.8 Å². The van der Waals surface area contributed by atoms with Crippen LogP contribution in [0, 0.1) is 0 Å². The van der Waals surface area contributed by atoms with Crippen molar-refractivity contribution in [3.63, 3.8) is 0 Å². The molecule has 0 saturated carbocycles. The Morgan fingerprint density at radius 3 is 2.42 bits per heavy atom.